The van der Waals surface area contributed by atoms with E-state index in [1.165, 1.54) is 4.88 Å². The van der Waals surface area contributed by atoms with Gasteiger partial charge in [-0.25, -0.2) is 0 Å². The van der Waals surface area contributed by atoms with Gasteiger partial charge in [0.1, 0.15) is 5.69 Å². The number of carbonyl (C=O) groups excluding carboxylic acids is 1. The number of nitrogens with zero attached hydrogens (tertiary/aromatic N) is 1. The Balaban J connectivity index is 2.14. The standard InChI is InChI=1S/C13H14N2OS/c1-2-9-5-6-10(17-9)8-12(16)13-11(14)4-3-7-15-13/h3-7H,2,8,14H2,1H3. The molecule has 0 radical (unpaired) electrons. The average molecular weight is 246 g/mol. The summed E-state index contributed by atoms with van der Waals surface area (Å²) in [6.45, 7) is 2.11. The van der Waals surface area contributed by atoms with Crippen LogP contribution in [0.3, 0.4) is 0 Å². The first-order valence-electron chi connectivity index (χ1n) is 5.52. The lowest BCUT2D eigenvalue weighted by atomic mass is 10.1. The number of aromatic nitrogens is 1. The Morgan fingerprint density at radius 1 is 1.35 bits per heavy atom. The number of nitrogen functional groups attached to an aromatic ring is 1. The lowest BCUT2D eigenvalue weighted by Crippen LogP contribution is -2.08. The topological polar surface area (TPSA) is 56.0 Å². The van der Waals surface area contributed by atoms with E-state index in [1.54, 1.807) is 29.7 Å². The van der Waals surface area contributed by atoms with Gasteiger partial charge in [-0.2, -0.15) is 0 Å². The molecule has 0 aromatic carbocycles. The lowest BCUT2D eigenvalue weighted by Gasteiger charge is -2.01. The van der Waals surface area contributed by atoms with Crippen molar-refractivity contribution in [2.45, 2.75) is 19.8 Å². The van der Waals surface area contributed by atoms with Crippen LogP contribution < -0.4 is 5.73 Å². The molecule has 0 saturated carbocycles. The quantitative estimate of drug-likeness (QED) is 0.844. The highest BCUT2D eigenvalue weighted by Gasteiger charge is 2.12. The van der Waals surface area contributed by atoms with Gasteiger partial charge in [0.05, 0.1) is 5.69 Å². The molecule has 4 heteroatoms. The largest absolute Gasteiger partial charge is 0.397 e. The van der Waals surface area contributed by atoms with Crippen molar-refractivity contribution in [3.05, 3.63) is 45.9 Å². The van der Waals surface area contributed by atoms with Gasteiger partial charge in [-0.1, -0.05) is 6.92 Å². The van der Waals surface area contributed by atoms with Crippen molar-refractivity contribution >= 4 is 22.8 Å². The predicted octanol–water partition coefficient (Wildman–Crippen LogP) is 2.71. The fourth-order valence-corrected chi connectivity index (χ4v) is 2.56. The monoisotopic (exact) mass is 246 g/mol. The van der Waals surface area contributed by atoms with Gasteiger partial charge in [0, 0.05) is 22.4 Å². The number of aryl methyl sites for hydroxylation is 1. The van der Waals surface area contributed by atoms with Crippen LogP contribution in [0.1, 0.15) is 27.2 Å². The first-order chi connectivity index (χ1) is 8.20. The van der Waals surface area contributed by atoms with Gasteiger partial charge in [0.2, 0.25) is 0 Å². The van der Waals surface area contributed by atoms with Gasteiger partial charge in [-0.15, -0.1) is 11.3 Å². The summed E-state index contributed by atoms with van der Waals surface area (Å²) < 4.78 is 0. The summed E-state index contributed by atoms with van der Waals surface area (Å²) in [6.07, 6.45) is 2.98. The second-order valence-corrected chi connectivity index (χ2v) is 5.02. The van der Waals surface area contributed by atoms with E-state index in [0.717, 1.165) is 11.3 Å². The zero-order valence-electron chi connectivity index (χ0n) is 9.64. The number of Topliss-reactive ketones (excluding diaryl/α,β-unsaturated/α-hetero) is 1. The number of anilines is 1. The van der Waals surface area contributed by atoms with Crippen LogP contribution in [0.5, 0.6) is 0 Å². The van der Waals surface area contributed by atoms with Crippen molar-refractivity contribution in [3.63, 3.8) is 0 Å². The van der Waals surface area contributed by atoms with Gasteiger partial charge in [-0.3, -0.25) is 9.78 Å². The van der Waals surface area contributed by atoms with Crippen molar-refractivity contribution < 1.29 is 4.79 Å². The number of rotatable bonds is 4. The van der Waals surface area contributed by atoms with E-state index >= 15 is 0 Å². The van der Waals surface area contributed by atoms with Crippen molar-refractivity contribution in [1.82, 2.24) is 4.98 Å². The van der Waals surface area contributed by atoms with E-state index in [1.807, 2.05) is 6.07 Å². The Kier molecular flexibility index (Phi) is 3.54. The molecule has 0 saturated heterocycles. The predicted molar refractivity (Wildman–Crippen MR) is 70.4 cm³/mol. The molecule has 0 amide bonds. The second-order valence-electron chi connectivity index (χ2n) is 3.76. The molecule has 0 atom stereocenters. The van der Waals surface area contributed by atoms with Crippen LogP contribution in [-0.4, -0.2) is 10.8 Å². The van der Waals surface area contributed by atoms with Gasteiger partial charge in [-0.05, 0) is 30.7 Å². The molecule has 0 aliphatic rings. The van der Waals surface area contributed by atoms with Gasteiger partial charge < -0.3 is 5.73 Å². The van der Waals surface area contributed by atoms with Gasteiger partial charge >= 0.3 is 0 Å². The number of thiophene rings is 1. The van der Waals surface area contributed by atoms with Crippen LogP contribution in [0, 0.1) is 0 Å². The molecular formula is C13H14N2OS. The van der Waals surface area contributed by atoms with E-state index < -0.39 is 0 Å². The Hall–Kier alpha value is -1.68. The Bertz CT molecular complexity index is 534. The summed E-state index contributed by atoms with van der Waals surface area (Å²) in [6, 6.07) is 7.49. The zero-order valence-corrected chi connectivity index (χ0v) is 10.5. The highest BCUT2D eigenvalue weighted by molar-refractivity contribution is 7.12. The number of hydrogen-bond acceptors (Lipinski definition) is 4. The molecule has 0 bridgehead atoms. The molecule has 88 valence electrons. The lowest BCUT2D eigenvalue weighted by molar-refractivity contribution is 0.0990. The SMILES string of the molecule is CCc1ccc(CC(=O)c2ncccc2N)s1. The Morgan fingerprint density at radius 2 is 2.12 bits per heavy atom. The number of pyridine rings is 1. The minimum atomic E-state index is -0.0207. The third-order valence-corrected chi connectivity index (χ3v) is 3.73. The van der Waals surface area contributed by atoms with E-state index in [0.29, 0.717) is 17.8 Å². The maximum absolute atomic E-state index is 12.0. The van der Waals surface area contributed by atoms with Crippen LogP contribution in [-0.2, 0) is 12.8 Å². The highest BCUT2D eigenvalue weighted by atomic mass is 32.1. The Morgan fingerprint density at radius 3 is 2.76 bits per heavy atom. The average Bonchev–Trinajstić information content (AvgIpc) is 2.77. The molecule has 0 spiro atoms. The fourth-order valence-electron chi connectivity index (χ4n) is 1.60. The van der Waals surface area contributed by atoms with Gasteiger partial charge in [0.15, 0.2) is 5.78 Å². The van der Waals surface area contributed by atoms with Crippen LogP contribution in [0.25, 0.3) is 0 Å². The summed E-state index contributed by atoms with van der Waals surface area (Å²) in [5.41, 5.74) is 6.55. The number of nitrogens with two attached hydrogens (primary N) is 1. The number of hydrogen-bond donors (Lipinski definition) is 1. The van der Waals surface area contributed by atoms with E-state index in [9.17, 15) is 4.79 Å². The molecule has 2 N–H and O–H groups in total. The molecule has 17 heavy (non-hydrogen) atoms. The number of ketones is 1. The maximum atomic E-state index is 12.0. The molecule has 2 aromatic heterocycles. The van der Waals surface area contributed by atoms with E-state index in [2.05, 4.69) is 18.0 Å². The molecular weight excluding hydrogens is 232 g/mol. The molecule has 2 rings (SSSR count). The first kappa shape index (κ1) is 11.8. The summed E-state index contributed by atoms with van der Waals surface area (Å²) in [7, 11) is 0. The molecule has 2 aromatic rings. The maximum Gasteiger partial charge on any atom is 0.188 e. The zero-order chi connectivity index (χ0) is 12.3. The molecule has 0 aliphatic carbocycles. The van der Waals surface area contributed by atoms with Crippen molar-refractivity contribution in [2.75, 3.05) is 5.73 Å². The summed E-state index contributed by atoms with van der Waals surface area (Å²) >= 11 is 1.67. The van der Waals surface area contributed by atoms with Crippen molar-refractivity contribution in [1.29, 1.82) is 0 Å². The summed E-state index contributed by atoms with van der Waals surface area (Å²) in [5.74, 6) is -0.0207. The second kappa shape index (κ2) is 5.10. The molecule has 0 fully saturated rings. The van der Waals surface area contributed by atoms with Crippen molar-refractivity contribution in [3.8, 4) is 0 Å². The normalized spacial score (nSPS) is 10.4. The van der Waals surface area contributed by atoms with E-state index in [-0.39, 0.29) is 5.78 Å². The smallest absolute Gasteiger partial charge is 0.188 e. The Labute approximate surface area is 104 Å². The molecule has 3 nitrogen and oxygen atoms in total. The van der Waals surface area contributed by atoms with Gasteiger partial charge in [0.25, 0.3) is 0 Å². The summed E-state index contributed by atoms with van der Waals surface area (Å²) in [4.78, 5) is 18.4. The first-order valence-corrected chi connectivity index (χ1v) is 6.33. The fraction of sp³-hybridized carbons (Fsp3) is 0.231. The summed E-state index contributed by atoms with van der Waals surface area (Å²) in [5, 5.41) is 0. The highest BCUT2D eigenvalue weighted by Crippen LogP contribution is 2.19. The third-order valence-electron chi connectivity index (χ3n) is 2.50. The van der Waals surface area contributed by atoms with Crippen LogP contribution in [0.4, 0.5) is 5.69 Å². The molecule has 0 unspecified atom stereocenters. The van der Waals surface area contributed by atoms with Crippen LogP contribution in [0.15, 0.2) is 30.5 Å². The number of carbonyl (C=O) groups is 1. The van der Waals surface area contributed by atoms with Crippen LogP contribution >= 0.6 is 11.3 Å². The minimum Gasteiger partial charge on any atom is -0.397 e. The molecule has 0 aliphatic heterocycles. The van der Waals surface area contributed by atoms with E-state index in [4.69, 9.17) is 5.73 Å². The third kappa shape index (κ3) is 2.71. The minimum absolute atomic E-state index is 0.0207. The van der Waals surface area contributed by atoms with Crippen LogP contribution in [0.2, 0.25) is 0 Å². The molecule has 2 heterocycles. The van der Waals surface area contributed by atoms with Crippen molar-refractivity contribution in [2.24, 2.45) is 0 Å².